The van der Waals surface area contributed by atoms with Gasteiger partial charge in [-0.2, -0.15) is 0 Å². The van der Waals surface area contributed by atoms with E-state index < -0.39 is 0 Å². The second-order valence-corrected chi connectivity index (χ2v) is 8.52. The zero-order valence-electron chi connectivity index (χ0n) is 20.1. The third kappa shape index (κ3) is 4.27. The summed E-state index contributed by atoms with van der Waals surface area (Å²) in [5, 5.41) is 14.4. The van der Waals surface area contributed by atoms with Gasteiger partial charge >= 0.3 is 5.97 Å². The first-order chi connectivity index (χ1) is 18.2. The van der Waals surface area contributed by atoms with Crippen molar-refractivity contribution in [2.45, 2.75) is 6.92 Å². The molecule has 37 heavy (non-hydrogen) atoms. The van der Waals surface area contributed by atoms with Crippen LogP contribution in [0.5, 0.6) is 0 Å². The first-order valence-corrected chi connectivity index (χ1v) is 12.0. The smallest absolute Gasteiger partial charge is 0.338 e. The van der Waals surface area contributed by atoms with Crippen molar-refractivity contribution in [2.75, 3.05) is 11.9 Å². The van der Waals surface area contributed by atoms with Gasteiger partial charge in [-0.3, -0.25) is 4.57 Å². The lowest BCUT2D eigenvalue weighted by molar-refractivity contribution is 0.0526. The van der Waals surface area contributed by atoms with E-state index in [9.17, 15) is 4.79 Å². The molecule has 0 saturated carbocycles. The van der Waals surface area contributed by atoms with Crippen LogP contribution >= 0.6 is 0 Å². The molecule has 0 radical (unpaired) electrons. The van der Waals surface area contributed by atoms with E-state index >= 15 is 0 Å². The molecule has 0 aliphatic carbocycles. The fourth-order valence-corrected chi connectivity index (χ4v) is 4.41. The van der Waals surface area contributed by atoms with Gasteiger partial charge in [0, 0.05) is 27.7 Å². The van der Waals surface area contributed by atoms with Crippen molar-refractivity contribution in [2.24, 2.45) is 0 Å². The molecule has 0 aliphatic rings. The van der Waals surface area contributed by atoms with E-state index in [1.807, 2.05) is 79.1 Å². The van der Waals surface area contributed by atoms with Crippen LogP contribution in [0, 0.1) is 0 Å². The largest absolute Gasteiger partial charge is 0.462 e. The lowest BCUT2D eigenvalue weighted by atomic mass is 10.0. The number of benzene rings is 4. The minimum atomic E-state index is -0.338. The molecule has 0 atom stereocenters. The Morgan fingerprint density at radius 2 is 1.62 bits per heavy atom. The molecule has 7 heteroatoms. The van der Waals surface area contributed by atoms with E-state index in [0.717, 1.165) is 44.4 Å². The van der Waals surface area contributed by atoms with Crippen molar-refractivity contribution in [3.05, 3.63) is 109 Å². The Morgan fingerprint density at radius 3 is 2.41 bits per heavy atom. The molecule has 6 aromatic rings. The van der Waals surface area contributed by atoms with Crippen molar-refractivity contribution in [1.29, 1.82) is 0 Å². The highest BCUT2D eigenvalue weighted by Crippen LogP contribution is 2.32. The topological polar surface area (TPSA) is 81.9 Å². The number of imidazole rings is 1. The van der Waals surface area contributed by atoms with Crippen LogP contribution in [0.4, 0.5) is 11.5 Å². The molecule has 2 heterocycles. The summed E-state index contributed by atoms with van der Waals surface area (Å²) in [6.07, 6.45) is 1.83. The Bertz CT molecular complexity index is 1730. The zero-order valence-corrected chi connectivity index (χ0v) is 20.1. The molecule has 0 aliphatic heterocycles. The van der Waals surface area contributed by atoms with Crippen LogP contribution in [0.1, 0.15) is 17.3 Å². The lowest BCUT2D eigenvalue weighted by Gasteiger charge is -2.12. The molecule has 0 amide bonds. The van der Waals surface area contributed by atoms with Crippen LogP contribution < -0.4 is 5.32 Å². The summed E-state index contributed by atoms with van der Waals surface area (Å²) < 4.78 is 7.15. The van der Waals surface area contributed by atoms with Crippen LogP contribution in [0.2, 0.25) is 0 Å². The zero-order chi connectivity index (χ0) is 25.2. The lowest BCUT2D eigenvalue weighted by Crippen LogP contribution is -2.04. The number of esters is 1. The number of anilines is 2. The fourth-order valence-electron chi connectivity index (χ4n) is 4.41. The van der Waals surface area contributed by atoms with Crippen molar-refractivity contribution in [1.82, 2.24) is 19.7 Å². The third-order valence-corrected chi connectivity index (χ3v) is 6.20. The van der Waals surface area contributed by atoms with Crippen LogP contribution in [0.25, 0.3) is 38.8 Å². The Kier molecular flexibility index (Phi) is 5.78. The number of fused-ring (bicyclic) bond motifs is 2. The number of hydrogen-bond acceptors (Lipinski definition) is 6. The van der Waals surface area contributed by atoms with Gasteiger partial charge in [0.15, 0.2) is 5.82 Å². The molecule has 6 rings (SSSR count). The normalized spacial score (nSPS) is 11.1. The first kappa shape index (κ1) is 22.4. The average Bonchev–Trinajstić information content (AvgIpc) is 3.37. The third-order valence-electron chi connectivity index (χ3n) is 6.20. The summed E-state index contributed by atoms with van der Waals surface area (Å²) in [4.78, 5) is 16.6. The van der Waals surface area contributed by atoms with Crippen molar-refractivity contribution < 1.29 is 9.53 Å². The number of hydrogen-bond donors (Lipinski definition) is 1. The number of carbonyl (C=O) groups excluding carboxylic acids is 1. The monoisotopic (exact) mass is 485 g/mol. The maximum Gasteiger partial charge on any atom is 0.338 e. The molecule has 180 valence electrons. The van der Waals surface area contributed by atoms with Gasteiger partial charge in [-0.25, -0.2) is 9.78 Å². The SMILES string of the molecule is CCOC(=O)c1ccc(-c2nnc(Nc3ccc4c(c3)ncn4-c3ccccc3)c3ccccc23)cc1. The van der Waals surface area contributed by atoms with Gasteiger partial charge in [0.2, 0.25) is 0 Å². The molecule has 1 N–H and O–H groups in total. The van der Waals surface area contributed by atoms with E-state index in [0.29, 0.717) is 18.0 Å². The second-order valence-electron chi connectivity index (χ2n) is 8.52. The molecule has 0 unspecified atom stereocenters. The number of ether oxygens (including phenoxy) is 1. The minimum absolute atomic E-state index is 0.338. The maximum absolute atomic E-state index is 12.0. The molecule has 4 aromatic carbocycles. The Labute approximate surface area is 213 Å². The van der Waals surface area contributed by atoms with Crippen molar-refractivity contribution in [3.63, 3.8) is 0 Å². The van der Waals surface area contributed by atoms with E-state index in [-0.39, 0.29) is 5.97 Å². The number of nitrogens with zero attached hydrogens (tertiary/aromatic N) is 4. The maximum atomic E-state index is 12.0. The number of para-hydroxylation sites is 1. The van der Waals surface area contributed by atoms with Crippen LogP contribution in [0.3, 0.4) is 0 Å². The number of carbonyl (C=O) groups is 1. The Morgan fingerprint density at radius 1 is 0.865 bits per heavy atom. The fraction of sp³-hybridized carbons (Fsp3) is 0.0667. The predicted molar refractivity (Wildman–Crippen MR) is 145 cm³/mol. The Balaban J connectivity index is 1.33. The molecule has 2 aromatic heterocycles. The standard InChI is InChI=1S/C30H23N5O2/c1-2-37-30(36)21-14-12-20(13-15-21)28-24-10-6-7-11-25(24)29(34-33-28)32-22-16-17-27-26(18-22)31-19-35(27)23-8-4-3-5-9-23/h3-19H,2H2,1H3,(H,32,34). The highest BCUT2D eigenvalue weighted by atomic mass is 16.5. The van der Waals surface area contributed by atoms with Gasteiger partial charge in [0.05, 0.1) is 23.2 Å². The second kappa shape index (κ2) is 9.54. The predicted octanol–water partition coefficient (Wildman–Crippen LogP) is 6.56. The van der Waals surface area contributed by atoms with Gasteiger partial charge in [-0.05, 0) is 49.4 Å². The molecule has 7 nitrogen and oxygen atoms in total. The van der Waals surface area contributed by atoms with E-state index in [1.165, 1.54) is 0 Å². The van der Waals surface area contributed by atoms with E-state index in [2.05, 4.69) is 37.2 Å². The van der Waals surface area contributed by atoms with Gasteiger partial charge in [-0.15, -0.1) is 10.2 Å². The molecular formula is C30H23N5O2. The molecule has 0 saturated heterocycles. The quantitative estimate of drug-likeness (QED) is 0.269. The molecule has 0 fully saturated rings. The molecule has 0 bridgehead atoms. The van der Waals surface area contributed by atoms with Crippen molar-refractivity contribution in [3.8, 4) is 16.9 Å². The summed E-state index contributed by atoms with van der Waals surface area (Å²) in [6.45, 7) is 2.13. The van der Waals surface area contributed by atoms with Gasteiger partial charge < -0.3 is 10.1 Å². The Hall–Kier alpha value is -5.04. The van der Waals surface area contributed by atoms with Crippen LogP contribution in [-0.4, -0.2) is 32.3 Å². The van der Waals surface area contributed by atoms with Crippen LogP contribution in [-0.2, 0) is 4.74 Å². The van der Waals surface area contributed by atoms with Gasteiger partial charge in [-0.1, -0.05) is 54.6 Å². The van der Waals surface area contributed by atoms with Gasteiger partial charge in [0.25, 0.3) is 0 Å². The molecule has 0 spiro atoms. The number of rotatable bonds is 6. The van der Waals surface area contributed by atoms with Crippen molar-refractivity contribution >= 4 is 39.3 Å². The molecular weight excluding hydrogens is 462 g/mol. The van der Waals surface area contributed by atoms with E-state index in [1.54, 1.807) is 19.1 Å². The van der Waals surface area contributed by atoms with E-state index in [4.69, 9.17) is 4.74 Å². The summed E-state index contributed by atoms with van der Waals surface area (Å²) in [7, 11) is 0. The summed E-state index contributed by atoms with van der Waals surface area (Å²) in [6, 6.07) is 31.4. The number of nitrogens with one attached hydrogen (secondary N) is 1. The number of aromatic nitrogens is 4. The van der Waals surface area contributed by atoms with Crippen LogP contribution in [0.15, 0.2) is 103 Å². The summed E-state index contributed by atoms with van der Waals surface area (Å²) in [5.41, 5.74) is 5.96. The highest BCUT2D eigenvalue weighted by Gasteiger charge is 2.13. The highest BCUT2D eigenvalue weighted by molar-refractivity contribution is 6.01. The summed E-state index contributed by atoms with van der Waals surface area (Å²) in [5.74, 6) is 0.319. The first-order valence-electron chi connectivity index (χ1n) is 12.0. The average molecular weight is 486 g/mol. The van der Waals surface area contributed by atoms with Gasteiger partial charge in [0.1, 0.15) is 12.0 Å². The minimum Gasteiger partial charge on any atom is -0.462 e. The summed E-state index contributed by atoms with van der Waals surface area (Å²) >= 11 is 0.